The fourth-order valence-electron chi connectivity index (χ4n) is 2.11. The lowest BCUT2D eigenvalue weighted by molar-refractivity contribution is -0.135. The quantitative estimate of drug-likeness (QED) is 0.780. The van der Waals surface area contributed by atoms with Gasteiger partial charge in [0.05, 0.1) is 16.6 Å². The van der Waals surface area contributed by atoms with Crippen LogP contribution in [0.1, 0.15) is 17.0 Å². The first kappa shape index (κ1) is 13.5. The summed E-state index contributed by atoms with van der Waals surface area (Å²) in [6.45, 7) is 0. The smallest absolute Gasteiger partial charge is 0.307 e. The molecule has 3 nitrogen and oxygen atoms in total. The van der Waals surface area contributed by atoms with Crippen LogP contribution in [0, 0.1) is 0 Å². The molecule has 1 heterocycles. The molecule has 0 spiro atoms. The molecule has 0 fully saturated rings. The van der Waals surface area contributed by atoms with E-state index in [0.29, 0.717) is 0 Å². The number of nitrogens with zero attached hydrogens (tertiary/aromatic N) is 1. The van der Waals surface area contributed by atoms with E-state index in [-0.39, 0.29) is 6.42 Å². The van der Waals surface area contributed by atoms with Gasteiger partial charge in [-0.3, -0.25) is 4.79 Å². The molecule has 2 aromatic carbocycles. The van der Waals surface area contributed by atoms with E-state index in [9.17, 15) is 4.79 Å². The van der Waals surface area contributed by atoms with Crippen LogP contribution in [0.4, 0.5) is 0 Å². The normalized spacial score (nSPS) is 11.7. The van der Waals surface area contributed by atoms with Gasteiger partial charge in [0.15, 0.2) is 0 Å². The Morgan fingerprint density at radius 1 is 1.10 bits per heavy atom. The molecule has 0 unspecified atom stereocenters. The zero-order valence-electron chi connectivity index (χ0n) is 11.2. The van der Waals surface area contributed by atoms with Crippen LogP contribution in [-0.2, 0) is 4.79 Å². The van der Waals surface area contributed by atoms with Crippen LogP contribution in [0.25, 0.3) is 21.9 Å². The zero-order chi connectivity index (χ0) is 14.7. The van der Waals surface area contributed by atoms with Gasteiger partial charge in [-0.25, -0.2) is 4.98 Å². The Morgan fingerprint density at radius 3 is 2.52 bits per heavy atom. The van der Waals surface area contributed by atoms with Gasteiger partial charge < -0.3 is 5.11 Å². The van der Waals surface area contributed by atoms with Gasteiger partial charge in [0.1, 0.15) is 5.01 Å². The van der Waals surface area contributed by atoms with Crippen molar-refractivity contribution in [2.24, 2.45) is 0 Å². The first-order chi connectivity index (χ1) is 10.2. The largest absolute Gasteiger partial charge is 0.481 e. The van der Waals surface area contributed by atoms with Gasteiger partial charge >= 0.3 is 5.97 Å². The number of carboxylic acids is 1. The van der Waals surface area contributed by atoms with Gasteiger partial charge in [0, 0.05) is 0 Å². The van der Waals surface area contributed by atoms with Crippen LogP contribution in [0.5, 0.6) is 0 Å². The van der Waals surface area contributed by atoms with E-state index in [1.807, 2.05) is 60.7 Å². The minimum atomic E-state index is -0.851. The Bertz CT molecular complexity index is 773. The van der Waals surface area contributed by atoms with E-state index in [2.05, 4.69) is 4.98 Å². The Morgan fingerprint density at radius 2 is 1.81 bits per heavy atom. The Hall–Kier alpha value is -2.46. The monoisotopic (exact) mass is 295 g/mol. The molecular formula is C17H13NO2S. The topological polar surface area (TPSA) is 50.2 Å². The first-order valence-electron chi connectivity index (χ1n) is 6.56. The fraction of sp³-hybridized carbons (Fsp3) is 0.0588. The Kier molecular flexibility index (Phi) is 3.79. The molecule has 104 valence electrons. The molecule has 0 radical (unpaired) electrons. The summed E-state index contributed by atoms with van der Waals surface area (Å²) in [4.78, 5) is 15.7. The van der Waals surface area contributed by atoms with Gasteiger partial charge in [-0.2, -0.15) is 0 Å². The van der Waals surface area contributed by atoms with Gasteiger partial charge in [0.25, 0.3) is 0 Å². The average Bonchev–Trinajstić information content (AvgIpc) is 2.91. The molecule has 4 heteroatoms. The maximum absolute atomic E-state index is 11.1. The third-order valence-corrected chi connectivity index (χ3v) is 4.16. The predicted molar refractivity (Wildman–Crippen MR) is 86.2 cm³/mol. The summed E-state index contributed by atoms with van der Waals surface area (Å²) in [5.41, 5.74) is 2.62. The number of rotatable bonds is 4. The molecule has 21 heavy (non-hydrogen) atoms. The van der Waals surface area contributed by atoms with Crippen molar-refractivity contribution >= 4 is 39.2 Å². The summed E-state index contributed by atoms with van der Waals surface area (Å²) in [7, 11) is 0. The lowest BCUT2D eigenvalue weighted by atomic mass is 10.1. The average molecular weight is 295 g/mol. The number of hydrogen-bond donors (Lipinski definition) is 1. The van der Waals surface area contributed by atoms with Gasteiger partial charge in [-0.05, 0) is 29.3 Å². The number of carbonyl (C=O) groups is 1. The second kappa shape index (κ2) is 5.89. The number of fused-ring (bicyclic) bond motifs is 1. The lowest BCUT2D eigenvalue weighted by Crippen LogP contribution is -1.96. The number of thiazole rings is 1. The van der Waals surface area contributed by atoms with E-state index in [0.717, 1.165) is 26.4 Å². The van der Waals surface area contributed by atoms with Crippen molar-refractivity contribution in [3.05, 3.63) is 65.2 Å². The van der Waals surface area contributed by atoms with Crippen molar-refractivity contribution < 1.29 is 9.90 Å². The number of hydrogen-bond acceptors (Lipinski definition) is 3. The Labute approximate surface area is 126 Å². The van der Waals surface area contributed by atoms with Crippen molar-refractivity contribution in [3.8, 4) is 0 Å². The summed E-state index contributed by atoms with van der Waals surface area (Å²) in [5.74, 6) is -0.851. The second-order valence-corrected chi connectivity index (χ2v) is 5.67. The van der Waals surface area contributed by atoms with Crippen molar-refractivity contribution in [2.75, 3.05) is 0 Å². The molecule has 0 amide bonds. The summed E-state index contributed by atoms with van der Waals surface area (Å²) >= 11 is 1.52. The van der Waals surface area contributed by atoms with E-state index in [1.165, 1.54) is 11.3 Å². The molecular weight excluding hydrogens is 282 g/mol. The van der Waals surface area contributed by atoms with Crippen molar-refractivity contribution in [1.82, 2.24) is 4.98 Å². The molecule has 3 aromatic rings. The number of aromatic nitrogens is 1. The summed E-state index contributed by atoms with van der Waals surface area (Å²) in [6, 6.07) is 17.5. The maximum atomic E-state index is 11.1. The van der Waals surface area contributed by atoms with E-state index in [4.69, 9.17) is 5.11 Å². The molecule has 1 aromatic heterocycles. The van der Waals surface area contributed by atoms with Crippen LogP contribution >= 0.6 is 11.3 Å². The standard InChI is InChI=1S/C17H13NO2S/c19-16(20)11-13(10-12-6-2-1-3-7-12)17-18-14-8-4-5-9-15(14)21-17/h1-10H,11H2,(H,19,20)/b13-10+. The molecule has 0 atom stereocenters. The van der Waals surface area contributed by atoms with Crippen molar-refractivity contribution in [3.63, 3.8) is 0 Å². The molecule has 3 rings (SSSR count). The Balaban J connectivity index is 2.06. The third-order valence-electron chi connectivity index (χ3n) is 3.05. The lowest BCUT2D eigenvalue weighted by Gasteiger charge is -2.01. The summed E-state index contributed by atoms with van der Waals surface area (Å²) in [6.07, 6.45) is 1.86. The van der Waals surface area contributed by atoms with Gasteiger partial charge in [0.2, 0.25) is 0 Å². The second-order valence-electron chi connectivity index (χ2n) is 4.64. The fourth-order valence-corrected chi connectivity index (χ4v) is 3.09. The maximum Gasteiger partial charge on any atom is 0.307 e. The molecule has 0 aliphatic rings. The SMILES string of the molecule is O=C(O)C/C(=C\c1ccccc1)c1nc2ccccc2s1. The number of para-hydroxylation sites is 1. The number of benzene rings is 2. The molecule has 0 bridgehead atoms. The molecule has 0 saturated carbocycles. The van der Waals surface area contributed by atoms with E-state index >= 15 is 0 Å². The molecule has 0 saturated heterocycles. The van der Waals surface area contributed by atoms with Gasteiger partial charge in [-0.1, -0.05) is 42.5 Å². The first-order valence-corrected chi connectivity index (χ1v) is 7.37. The molecule has 0 aliphatic heterocycles. The van der Waals surface area contributed by atoms with Crippen LogP contribution in [0.2, 0.25) is 0 Å². The van der Waals surface area contributed by atoms with Gasteiger partial charge in [-0.15, -0.1) is 11.3 Å². The summed E-state index contributed by atoms with van der Waals surface area (Å²) in [5, 5.41) is 9.90. The minimum Gasteiger partial charge on any atom is -0.481 e. The van der Waals surface area contributed by atoms with Crippen LogP contribution < -0.4 is 0 Å². The third kappa shape index (κ3) is 3.17. The van der Waals surface area contributed by atoms with E-state index in [1.54, 1.807) is 0 Å². The number of aliphatic carboxylic acids is 1. The van der Waals surface area contributed by atoms with Crippen molar-refractivity contribution in [2.45, 2.75) is 6.42 Å². The van der Waals surface area contributed by atoms with Crippen LogP contribution in [0.3, 0.4) is 0 Å². The van der Waals surface area contributed by atoms with Crippen LogP contribution in [0.15, 0.2) is 54.6 Å². The predicted octanol–water partition coefficient (Wildman–Crippen LogP) is 4.31. The molecule has 0 aliphatic carbocycles. The number of carboxylic acid groups (broad SMARTS) is 1. The highest BCUT2D eigenvalue weighted by Crippen LogP contribution is 2.30. The van der Waals surface area contributed by atoms with Crippen molar-refractivity contribution in [1.29, 1.82) is 0 Å². The van der Waals surface area contributed by atoms with E-state index < -0.39 is 5.97 Å². The summed E-state index contributed by atoms with van der Waals surface area (Å²) < 4.78 is 1.07. The van der Waals surface area contributed by atoms with Crippen LogP contribution in [-0.4, -0.2) is 16.1 Å². The highest BCUT2D eigenvalue weighted by atomic mass is 32.1. The highest BCUT2D eigenvalue weighted by molar-refractivity contribution is 7.19. The molecule has 1 N–H and O–H groups in total. The zero-order valence-corrected chi connectivity index (χ0v) is 12.0. The minimum absolute atomic E-state index is 0.0330. The highest BCUT2D eigenvalue weighted by Gasteiger charge is 2.12.